The zero-order chi connectivity index (χ0) is 13.7. The van der Waals surface area contributed by atoms with Gasteiger partial charge in [0.25, 0.3) is 0 Å². The fourth-order valence-electron chi connectivity index (χ4n) is 2.52. The van der Waals surface area contributed by atoms with Gasteiger partial charge in [-0.3, -0.25) is 4.79 Å². The number of halogens is 1. The van der Waals surface area contributed by atoms with Crippen LogP contribution in [0.15, 0.2) is 24.3 Å². The van der Waals surface area contributed by atoms with Crippen molar-refractivity contribution >= 4 is 5.97 Å². The molecule has 0 bridgehead atoms. The van der Waals surface area contributed by atoms with Crippen molar-refractivity contribution in [3.63, 3.8) is 0 Å². The lowest BCUT2D eigenvalue weighted by atomic mass is 9.96. The van der Waals surface area contributed by atoms with Crippen molar-refractivity contribution in [1.29, 1.82) is 0 Å². The lowest BCUT2D eigenvalue weighted by Gasteiger charge is -2.29. The minimum absolute atomic E-state index is 0.0389. The van der Waals surface area contributed by atoms with E-state index in [1.54, 1.807) is 0 Å². The van der Waals surface area contributed by atoms with Crippen LogP contribution in [0, 0.1) is 5.82 Å². The molecule has 0 saturated carbocycles. The van der Waals surface area contributed by atoms with Crippen molar-refractivity contribution in [2.24, 2.45) is 0 Å². The van der Waals surface area contributed by atoms with Crippen LogP contribution in [-0.4, -0.2) is 24.7 Å². The summed E-state index contributed by atoms with van der Waals surface area (Å²) >= 11 is 0. The molecule has 2 unspecified atom stereocenters. The largest absolute Gasteiger partial charge is 0.462 e. The Morgan fingerprint density at radius 2 is 2.16 bits per heavy atom. The van der Waals surface area contributed by atoms with Crippen LogP contribution in [-0.2, 0) is 16.0 Å². The van der Waals surface area contributed by atoms with E-state index in [1.807, 2.05) is 12.1 Å². The molecule has 19 heavy (non-hydrogen) atoms. The van der Waals surface area contributed by atoms with Crippen molar-refractivity contribution in [2.45, 2.75) is 44.8 Å². The fourth-order valence-corrected chi connectivity index (χ4v) is 2.52. The quantitative estimate of drug-likeness (QED) is 0.850. The van der Waals surface area contributed by atoms with Crippen molar-refractivity contribution in [2.75, 3.05) is 6.54 Å². The Labute approximate surface area is 113 Å². The predicted octanol–water partition coefficient (Wildman–Crippen LogP) is 2.44. The van der Waals surface area contributed by atoms with Crippen LogP contribution in [0.5, 0.6) is 0 Å². The highest BCUT2D eigenvalue weighted by atomic mass is 19.1. The number of piperidine rings is 1. The van der Waals surface area contributed by atoms with Gasteiger partial charge in [-0.25, -0.2) is 4.39 Å². The first-order valence-electron chi connectivity index (χ1n) is 6.78. The summed E-state index contributed by atoms with van der Waals surface area (Å²) in [5, 5.41) is 3.44. The molecule has 1 fully saturated rings. The number of esters is 1. The zero-order valence-electron chi connectivity index (χ0n) is 11.2. The Balaban J connectivity index is 1.79. The van der Waals surface area contributed by atoms with Crippen LogP contribution in [0.3, 0.4) is 0 Å². The van der Waals surface area contributed by atoms with Crippen molar-refractivity contribution in [3.8, 4) is 0 Å². The number of rotatable bonds is 4. The Hall–Kier alpha value is -1.42. The maximum absolute atomic E-state index is 12.8. The van der Waals surface area contributed by atoms with E-state index in [4.69, 9.17) is 4.74 Å². The average Bonchev–Trinajstić information content (AvgIpc) is 2.38. The summed E-state index contributed by atoms with van der Waals surface area (Å²) in [6.07, 6.45) is 3.67. The number of carbonyl (C=O) groups excluding carboxylic acids is 1. The third-order valence-corrected chi connectivity index (χ3v) is 3.47. The second kappa shape index (κ2) is 6.66. The molecule has 2 rings (SSSR count). The van der Waals surface area contributed by atoms with Gasteiger partial charge in [-0.05, 0) is 49.9 Å². The average molecular weight is 265 g/mol. The highest BCUT2D eigenvalue weighted by Gasteiger charge is 2.23. The number of hydrogen-bond donors (Lipinski definition) is 1. The number of aryl methyl sites for hydroxylation is 1. The summed E-state index contributed by atoms with van der Waals surface area (Å²) in [4.78, 5) is 11.0. The van der Waals surface area contributed by atoms with E-state index in [9.17, 15) is 9.18 Å². The molecule has 0 spiro atoms. The van der Waals surface area contributed by atoms with Crippen LogP contribution in [0.4, 0.5) is 4.39 Å². The van der Waals surface area contributed by atoms with Crippen LogP contribution in [0.1, 0.15) is 31.7 Å². The molecule has 1 saturated heterocycles. The molecule has 104 valence electrons. The topological polar surface area (TPSA) is 38.3 Å². The third kappa shape index (κ3) is 4.63. The van der Waals surface area contributed by atoms with E-state index >= 15 is 0 Å². The second-order valence-corrected chi connectivity index (χ2v) is 5.07. The van der Waals surface area contributed by atoms with Crippen LogP contribution in [0.25, 0.3) is 0 Å². The number of hydrogen-bond acceptors (Lipinski definition) is 3. The van der Waals surface area contributed by atoms with Crippen LogP contribution in [0.2, 0.25) is 0 Å². The van der Waals surface area contributed by atoms with Gasteiger partial charge in [0.2, 0.25) is 0 Å². The van der Waals surface area contributed by atoms with Gasteiger partial charge in [0.05, 0.1) is 0 Å². The predicted molar refractivity (Wildman–Crippen MR) is 71.3 cm³/mol. The smallest absolute Gasteiger partial charge is 0.302 e. The molecule has 0 radical (unpaired) electrons. The Bertz CT molecular complexity index is 419. The minimum atomic E-state index is -0.204. The normalized spacial score (nSPS) is 23.1. The summed E-state index contributed by atoms with van der Waals surface area (Å²) in [5.41, 5.74) is 1.14. The van der Waals surface area contributed by atoms with Gasteiger partial charge in [-0.2, -0.15) is 0 Å². The first kappa shape index (κ1) is 14.0. The molecule has 0 amide bonds. The lowest BCUT2D eigenvalue weighted by molar-refractivity contribution is -0.147. The summed E-state index contributed by atoms with van der Waals surface area (Å²) in [7, 11) is 0. The molecule has 1 heterocycles. The van der Waals surface area contributed by atoms with E-state index < -0.39 is 0 Å². The molecule has 1 aliphatic rings. The van der Waals surface area contributed by atoms with E-state index in [2.05, 4.69) is 5.32 Å². The van der Waals surface area contributed by atoms with Gasteiger partial charge in [-0.15, -0.1) is 0 Å². The lowest BCUT2D eigenvalue weighted by Crippen LogP contribution is -2.42. The number of nitrogens with one attached hydrogen (secondary N) is 1. The van der Waals surface area contributed by atoms with Gasteiger partial charge >= 0.3 is 5.97 Å². The molecule has 0 aliphatic carbocycles. The molecular weight excluding hydrogens is 245 g/mol. The first-order chi connectivity index (χ1) is 9.13. The van der Waals surface area contributed by atoms with Gasteiger partial charge in [-0.1, -0.05) is 12.1 Å². The third-order valence-electron chi connectivity index (χ3n) is 3.47. The number of benzene rings is 1. The first-order valence-corrected chi connectivity index (χ1v) is 6.78. The summed E-state index contributed by atoms with van der Waals surface area (Å²) in [5.74, 6) is -0.404. The summed E-state index contributed by atoms with van der Waals surface area (Å²) < 4.78 is 18.1. The molecule has 1 aromatic rings. The van der Waals surface area contributed by atoms with Gasteiger partial charge < -0.3 is 10.1 Å². The fraction of sp³-hybridized carbons (Fsp3) is 0.533. The van der Waals surface area contributed by atoms with Gasteiger partial charge in [0.1, 0.15) is 11.9 Å². The zero-order valence-corrected chi connectivity index (χ0v) is 11.2. The molecule has 1 aromatic carbocycles. The summed E-state index contributed by atoms with van der Waals surface area (Å²) in [6.45, 7) is 2.33. The van der Waals surface area contributed by atoms with Crippen LogP contribution < -0.4 is 5.32 Å². The Kier molecular flexibility index (Phi) is 4.91. The highest BCUT2D eigenvalue weighted by molar-refractivity contribution is 5.66. The molecular formula is C15H20FNO2. The highest BCUT2D eigenvalue weighted by Crippen LogP contribution is 2.17. The van der Waals surface area contributed by atoms with E-state index in [-0.39, 0.29) is 17.9 Å². The SMILES string of the molecule is CC(=O)OC1CCNC(CCc2ccc(F)cc2)C1. The van der Waals surface area contributed by atoms with Gasteiger partial charge in [0, 0.05) is 13.0 Å². The van der Waals surface area contributed by atoms with Crippen molar-refractivity contribution in [3.05, 3.63) is 35.6 Å². The molecule has 0 aromatic heterocycles. The maximum Gasteiger partial charge on any atom is 0.302 e. The minimum Gasteiger partial charge on any atom is -0.462 e. The second-order valence-electron chi connectivity index (χ2n) is 5.07. The molecule has 3 nitrogen and oxygen atoms in total. The maximum atomic E-state index is 12.8. The van der Waals surface area contributed by atoms with Crippen LogP contribution >= 0.6 is 0 Å². The Morgan fingerprint density at radius 1 is 1.42 bits per heavy atom. The molecule has 4 heteroatoms. The molecule has 1 N–H and O–H groups in total. The van der Waals surface area contributed by atoms with Crippen molar-refractivity contribution < 1.29 is 13.9 Å². The van der Waals surface area contributed by atoms with E-state index in [1.165, 1.54) is 19.1 Å². The Morgan fingerprint density at radius 3 is 2.84 bits per heavy atom. The number of carbonyl (C=O) groups is 1. The van der Waals surface area contributed by atoms with E-state index in [0.29, 0.717) is 6.04 Å². The monoisotopic (exact) mass is 265 g/mol. The standard InChI is InChI=1S/C15H20FNO2/c1-11(18)19-15-8-9-17-14(10-15)7-4-12-2-5-13(16)6-3-12/h2-3,5-6,14-15,17H,4,7-10H2,1H3. The number of ether oxygens (including phenoxy) is 1. The molecule has 1 aliphatic heterocycles. The van der Waals surface area contributed by atoms with E-state index in [0.717, 1.165) is 37.8 Å². The summed E-state index contributed by atoms with van der Waals surface area (Å²) in [6, 6.07) is 6.99. The van der Waals surface area contributed by atoms with Gasteiger partial charge in [0.15, 0.2) is 0 Å². The van der Waals surface area contributed by atoms with Crippen molar-refractivity contribution in [1.82, 2.24) is 5.32 Å². The molecule has 2 atom stereocenters.